The zero-order chi connectivity index (χ0) is 16.4. The van der Waals surface area contributed by atoms with Crippen LogP contribution in [0.4, 0.5) is 11.8 Å². The molecule has 0 radical (unpaired) electrons. The third-order valence-electron chi connectivity index (χ3n) is 4.40. The molecule has 0 unspecified atom stereocenters. The van der Waals surface area contributed by atoms with E-state index >= 15 is 0 Å². The molecule has 1 N–H and O–H groups in total. The standard InChI is InChI=1S/C17H21N5O2/c1-18-16-4-5-19-17(20-16)22-8-6-21(7-9-22)11-13-2-3-14-15(10-13)24-12-23-14/h2-5,10H,6-9,11-12H2,1H3,(H,18,19,20). The van der Waals surface area contributed by atoms with Gasteiger partial charge in [0, 0.05) is 46.0 Å². The number of hydrogen-bond donors (Lipinski definition) is 1. The summed E-state index contributed by atoms with van der Waals surface area (Å²) in [5, 5.41) is 3.06. The zero-order valence-corrected chi connectivity index (χ0v) is 13.7. The second-order valence-electron chi connectivity index (χ2n) is 5.94. The fourth-order valence-corrected chi connectivity index (χ4v) is 3.04. The topological polar surface area (TPSA) is 62.8 Å². The molecule has 0 atom stereocenters. The monoisotopic (exact) mass is 327 g/mol. The van der Waals surface area contributed by atoms with Gasteiger partial charge in [0.1, 0.15) is 5.82 Å². The largest absolute Gasteiger partial charge is 0.454 e. The highest BCUT2D eigenvalue weighted by Crippen LogP contribution is 2.32. The molecule has 0 aliphatic carbocycles. The number of aromatic nitrogens is 2. The van der Waals surface area contributed by atoms with Crippen LogP contribution >= 0.6 is 0 Å². The summed E-state index contributed by atoms with van der Waals surface area (Å²) in [6, 6.07) is 8.05. The Morgan fingerprint density at radius 2 is 1.92 bits per heavy atom. The second-order valence-corrected chi connectivity index (χ2v) is 5.94. The number of piperazine rings is 1. The van der Waals surface area contributed by atoms with Gasteiger partial charge in [0.2, 0.25) is 12.7 Å². The van der Waals surface area contributed by atoms with Crippen LogP contribution in [-0.2, 0) is 6.54 Å². The molecule has 2 aliphatic rings. The van der Waals surface area contributed by atoms with Crippen LogP contribution in [0.3, 0.4) is 0 Å². The summed E-state index contributed by atoms with van der Waals surface area (Å²) >= 11 is 0. The molecule has 0 saturated carbocycles. The Morgan fingerprint density at radius 3 is 2.75 bits per heavy atom. The first-order chi connectivity index (χ1) is 11.8. The number of anilines is 2. The first-order valence-corrected chi connectivity index (χ1v) is 8.18. The van der Waals surface area contributed by atoms with Gasteiger partial charge in [-0.25, -0.2) is 4.98 Å². The van der Waals surface area contributed by atoms with E-state index in [-0.39, 0.29) is 0 Å². The maximum absolute atomic E-state index is 5.45. The Labute approximate surface area is 141 Å². The van der Waals surface area contributed by atoms with Crippen LogP contribution in [0.2, 0.25) is 0 Å². The Hall–Kier alpha value is -2.54. The van der Waals surface area contributed by atoms with Crippen molar-refractivity contribution in [3.63, 3.8) is 0 Å². The zero-order valence-electron chi connectivity index (χ0n) is 13.7. The number of nitrogens with one attached hydrogen (secondary N) is 1. The van der Waals surface area contributed by atoms with E-state index in [4.69, 9.17) is 9.47 Å². The smallest absolute Gasteiger partial charge is 0.231 e. The lowest BCUT2D eigenvalue weighted by Gasteiger charge is -2.34. The lowest BCUT2D eigenvalue weighted by Crippen LogP contribution is -2.46. The Morgan fingerprint density at radius 1 is 1.08 bits per heavy atom. The number of fused-ring (bicyclic) bond motifs is 1. The Bertz CT molecular complexity index is 716. The third-order valence-corrected chi connectivity index (χ3v) is 4.40. The molecule has 2 aromatic rings. The highest BCUT2D eigenvalue weighted by atomic mass is 16.7. The van der Waals surface area contributed by atoms with Crippen molar-refractivity contribution in [1.82, 2.24) is 14.9 Å². The Balaban J connectivity index is 1.36. The van der Waals surface area contributed by atoms with Crippen LogP contribution in [0, 0.1) is 0 Å². The molecule has 0 spiro atoms. The summed E-state index contributed by atoms with van der Waals surface area (Å²) in [5.41, 5.74) is 1.25. The van der Waals surface area contributed by atoms with Crippen molar-refractivity contribution in [2.24, 2.45) is 0 Å². The SMILES string of the molecule is CNc1ccnc(N2CCN(Cc3ccc4c(c3)OCO4)CC2)n1. The highest BCUT2D eigenvalue weighted by molar-refractivity contribution is 5.44. The van der Waals surface area contributed by atoms with E-state index in [1.807, 2.05) is 19.2 Å². The van der Waals surface area contributed by atoms with Gasteiger partial charge in [-0.05, 0) is 23.8 Å². The van der Waals surface area contributed by atoms with Crippen LogP contribution in [0.5, 0.6) is 11.5 Å². The van der Waals surface area contributed by atoms with E-state index < -0.39 is 0 Å². The minimum atomic E-state index is 0.323. The number of hydrogen-bond acceptors (Lipinski definition) is 7. The normalized spacial score (nSPS) is 17.1. The molecule has 0 amide bonds. The van der Waals surface area contributed by atoms with Gasteiger partial charge in [-0.15, -0.1) is 0 Å². The molecular formula is C17H21N5O2. The molecule has 1 aromatic carbocycles. The molecule has 7 heteroatoms. The number of nitrogens with zero attached hydrogens (tertiary/aromatic N) is 4. The fourth-order valence-electron chi connectivity index (χ4n) is 3.04. The lowest BCUT2D eigenvalue weighted by atomic mass is 10.1. The van der Waals surface area contributed by atoms with E-state index in [0.717, 1.165) is 56.0 Å². The average molecular weight is 327 g/mol. The maximum Gasteiger partial charge on any atom is 0.231 e. The van der Waals surface area contributed by atoms with Gasteiger partial charge < -0.3 is 19.7 Å². The van der Waals surface area contributed by atoms with Crippen molar-refractivity contribution in [3.8, 4) is 11.5 Å². The highest BCUT2D eigenvalue weighted by Gasteiger charge is 2.20. The molecule has 7 nitrogen and oxygen atoms in total. The van der Waals surface area contributed by atoms with E-state index in [1.54, 1.807) is 6.20 Å². The van der Waals surface area contributed by atoms with Crippen molar-refractivity contribution in [3.05, 3.63) is 36.0 Å². The molecule has 126 valence electrons. The first kappa shape index (κ1) is 15.0. The quantitative estimate of drug-likeness (QED) is 0.914. The van der Waals surface area contributed by atoms with Gasteiger partial charge in [0.25, 0.3) is 0 Å². The summed E-state index contributed by atoms with van der Waals surface area (Å²) in [6.07, 6.45) is 1.80. The fraction of sp³-hybridized carbons (Fsp3) is 0.412. The van der Waals surface area contributed by atoms with Crippen molar-refractivity contribution in [2.75, 3.05) is 50.2 Å². The second kappa shape index (κ2) is 6.52. The molecule has 1 aromatic heterocycles. The van der Waals surface area contributed by atoms with Crippen LogP contribution in [-0.4, -0.2) is 54.9 Å². The molecule has 4 rings (SSSR count). The summed E-state index contributed by atoms with van der Waals surface area (Å²) in [4.78, 5) is 13.6. The molecule has 0 bridgehead atoms. The maximum atomic E-state index is 5.45. The van der Waals surface area contributed by atoms with E-state index in [9.17, 15) is 0 Å². The lowest BCUT2D eigenvalue weighted by molar-refractivity contribution is 0.174. The van der Waals surface area contributed by atoms with Gasteiger partial charge in [0.15, 0.2) is 11.5 Å². The van der Waals surface area contributed by atoms with E-state index in [1.165, 1.54) is 5.56 Å². The van der Waals surface area contributed by atoms with Gasteiger partial charge in [-0.2, -0.15) is 4.98 Å². The number of benzene rings is 1. The molecule has 2 aliphatic heterocycles. The van der Waals surface area contributed by atoms with Crippen LogP contribution in [0.25, 0.3) is 0 Å². The van der Waals surface area contributed by atoms with Crippen molar-refractivity contribution < 1.29 is 9.47 Å². The summed E-state index contributed by atoms with van der Waals surface area (Å²) in [6.45, 7) is 5.07. The predicted molar refractivity (Wildman–Crippen MR) is 91.6 cm³/mol. The van der Waals surface area contributed by atoms with Crippen molar-refractivity contribution in [1.29, 1.82) is 0 Å². The Kier molecular flexibility index (Phi) is 4.08. The molecular weight excluding hydrogens is 306 g/mol. The molecule has 3 heterocycles. The summed E-state index contributed by atoms with van der Waals surface area (Å²) in [7, 11) is 1.87. The van der Waals surface area contributed by atoms with Crippen molar-refractivity contribution >= 4 is 11.8 Å². The summed E-state index contributed by atoms with van der Waals surface area (Å²) < 4.78 is 10.8. The van der Waals surface area contributed by atoms with Crippen LogP contribution in [0.1, 0.15) is 5.56 Å². The van der Waals surface area contributed by atoms with Crippen LogP contribution in [0.15, 0.2) is 30.5 Å². The molecule has 1 saturated heterocycles. The van der Waals surface area contributed by atoms with Gasteiger partial charge in [-0.1, -0.05) is 6.07 Å². The van der Waals surface area contributed by atoms with Gasteiger partial charge in [-0.3, -0.25) is 4.90 Å². The minimum Gasteiger partial charge on any atom is -0.454 e. The third kappa shape index (κ3) is 3.07. The van der Waals surface area contributed by atoms with Crippen molar-refractivity contribution in [2.45, 2.75) is 6.54 Å². The number of ether oxygens (including phenoxy) is 2. The van der Waals surface area contributed by atoms with E-state index in [0.29, 0.717) is 6.79 Å². The average Bonchev–Trinajstić information content (AvgIpc) is 3.10. The van der Waals surface area contributed by atoms with Gasteiger partial charge >= 0.3 is 0 Å². The molecule has 1 fully saturated rings. The van der Waals surface area contributed by atoms with E-state index in [2.05, 4.69) is 37.2 Å². The molecule has 24 heavy (non-hydrogen) atoms. The van der Waals surface area contributed by atoms with Gasteiger partial charge in [0.05, 0.1) is 0 Å². The van der Waals surface area contributed by atoms with Crippen LogP contribution < -0.4 is 19.7 Å². The first-order valence-electron chi connectivity index (χ1n) is 8.18. The number of rotatable bonds is 4. The summed E-state index contributed by atoms with van der Waals surface area (Å²) in [5.74, 6) is 3.33. The minimum absolute atomic E-state index is 0.323. The predicted octanol–water partition coefficient (Wildman–Crippen LogP) is 1.57.